The van der Waals surface area contributed by atoms with Gasteiger partial charge in [-0.2, -0.15) is 0 Å². The van der Waals surface area contributed by atoms with E-state index in [2.05, 4.69) is 0 Å². The van der Waals surface area contributed by atoms with Crippen molar-refractivity contribution >= 4 is 0 Å². The molecule has 1 rings (SSSR count). The molecule has 0 amide bonds. The van der Waals surface area contributed by atoms with E-state index in [1.165, 1.54) is 0 Å². The minimum atomic E-state index is -1.08. The molecule has 0 heterocycles. The molecule has 0 saturated heterocycles. The number of hydrogen-bond acceptors (Lipinski definition) is 3. The highest BCUT2D eigenvalue weighted by Crippen LogP contribution is 2.24. The molecule has 1 aliphatic carbocycles. The monoisotopic (exact) mass is 117 g/mol. The Bertz CT molecular complexity index is 92.4. The first-order chi connectivity index (χ1) is 3.60. The Hall–Kier alpha value is -0.120. The third-order valence-electron chi connectivity index (χ3n) is 1.50. The van der Waals surface area contributed by atoms with Crippen LogP contribution in [-0.2, 0) is 0 Å². The fourth-order valence-electron chi connectivity index (χ4n) is 1.03. The van der Waals surface area contributed by atoms with E-state index >= 15 is 0 Å². The van der Waals surface area contributed by atoms with Gasteiger partial charge in [-0.3, -0.25) is 0 Å². The lowest BCUT2D eigenvalue weighted by Gasteiger charge is -2.13. The van der Waals surface area contributed by atoms with Crippen LogP contribution in [0, 0.1) is 0 Å². The van der Waals surface area contributed by atoms with Crippen LogP contribution < -0.4 is 5.73 Å². The second kappa shape index (κ2) is 1.69. The van der Waals surface area contributed by atoms with Crippen molar-refractivity contribution in [2.45, 2.75) is 31.1 Å². The Morgan fingerprint density at radius 2 is 2.25 bits per heavy atom. The molecule has 1 saturated carbocycles. The van der Waals surface area contributed by atoms with Gasteiger partial charge in [-0.05, 0) is 12.8 Å². The van der Waals surface area contributed by atoms with Crippen molar-refractivity contribution in [3.8, 4) is 0 Å². The topological polar surface area (TPSA) is 66.5 Å². The van der Waals surface area contributed by atoms with E-state index in [-0.39, 0.29) is 6.10 Å². The summed E-state index contributed by atoms with van der Waals surface area (Å²) in [6.45, 7) is 0. The molecule has 4 N–H and O–H groups in total. The first kappa shape index (κ1) is 6.01. The van der Waals surface area contributed by atoms with Gasteiger partial charge in [0.1, 0.15) is 5.72 Å². The molecule has 3 heteroatoms. The maximum atomic E-state index is 8.98. The van der Waals surface area contributed by atoms with E-state index < -0.39 is 5.72 Å². The molecule has 0 bridgehead atoms. The van der Waals surface area contributed by atoms with Crippen molar-refractivity contribution in [2.75, 3.05) is 0 Å². The highest BCUT2D eigenvalue weighted by Gasteiger charge is 2.31. The lowest BCUT2D eigenvalue weighted by Crippen LogP contribution is -2.36. The van der Waals surface area contributed by atoms with Crippen LogP contribution in [0.4, 0.5) is 0 Å². The summed E-state index contributed by atoms with van der Waals surface area (Å²) in [5, 5.41) is 17.8. The van der Waals surface area contributed by atoms with Gasteiger partial charge in [-0.15, -0.1) is 0 Å². The van der Waals surface area contributed by atoms with Crippen LogP contribution in [-0.4, -0.2) is 22.0 Å². The molecule has 2 atom stereocenters. The Morgan fingerprint density at radius 3 is 2.38 bits per heavy atom. The summed E-state index contributed by atoms with van der Waals surface area (Å²) in [7, 11) is 0. The highest BCUT2D eigenvalue weighted by molar-refractivity contribution is 4.83. The van der Waals surface area contributed by atoms with Gasteiger partial charge in [-0.1, -0.05) is 0 Å². The molecule has 0 aromatic heterocycles. The lowest BCUT2D eigenvalue weighted by molar-refractivity contribution is 0.0388. The molecule has 2 unspecified atom stereocenters. The molecule has 3 nitrogen and oxygen atoms in total. The van der Waals surface area contributed by atoms with E-state index in [0.29, 0.717) is 19.3 Å². The smallest absolute Gasteiger partial charge is 0.116 e. The molecule has 1 fully saturated rings. The summed E-state index contributed by atoms with van der Waals surface area (Å²) in [4.78, 5) is 0. The molecular formula is C5H11NO2. The summed E-state index contributed by atoms with van der Waals surface area (Å²) >= 11 is 0. The van der Waals surface area contributed by atoms with E-state index in [9.17, 15) is 0 Å². The summed E-state index contributed by atoms with van der Waals surface area (Å²) in [5.74, 6) is 0. The maximum Gasteiger partial charge on any atom is 0.116 e. The van der Waals surface area contributed by atoms with E-state index in [1.807, 2.05) is 0 Å². The molecule has 1 aliphatic rings. The number of nitrogens with two attached hydrogens (primary N) is 1. The largest absolute Gasteiger partial charge is 0.393 e. The quantitative estimate of drug-likeness (QED) is 0.363. The van der Waals surface area contributed by atoms with Crippen LogP contribution in [0.15, 0.2) is 0 Å². The number of aliphatic hydroxyl groups excluding tert-OH is 1. The van der Waals surface area contributed by atoms with Gasteiger partial charge in [0.15, 0.2) is 0 Å². The minimum absolute atomic E-state index is 0.326. The predicted octanol–water partition coefficient (Wildman–Crippen LogP) is -0.822. The van der Waals surface area contributed by atoms with Crippen LogP contribution in [0.25, 0.3) is 0 Å². The van der Waals surface area contributed by atoms with Crippen LogP contribution >= 0.6 is 0 Å². The Labute approximate surface area is 48.1 Å². The van der Waals surface area contributed by atoms with Crippen molar-refractivity contribution < 1.29 is 10.2 Å². The number of rotatable bonds is 0. The molecule has 0 aliphatic heterocycles. The van der Waals surface area contributed by atoms with Crippen molar-refractivity contribution in [1.29, 1.82) is 0 Å². The zero-order valence-electron chi connectivity index (χ0n) is 4.67. The normalized spacial score (nSPS) is 47.6. The zero-order valence-corrected chi connectivity index (χ0v) is 4.67. The minimum Gasteiger partial charge on any atom is -0.393 e. The first-order valence-electron chi connectivity index (χ1n) is 2.79. The highest BCUT2D eigenvalue weighted by atomic mass is 16.3. The molecule has 48 valence electrons. The van der Waals surface area contributed by atoms with Gasteiger partial charge in [-0.25, -0.2) is 0 Å². The van der Waals surface area contributed by atoms with Gasteiger partial charge in [0.05, 0.1) is 6.10 Å². The SMILES string of the molecule is NC1(O)CCC(O)C1. The third kappa shape index (κ3) is 1.18. The summed E-state index contributed by atoms with van der Waals surface area (Å²) < 4.78 is 0. The van der Waals surface area contributed by atoms with E-state index in [4.69, 9.17) is 15.9 Å². The van der Waals surface area contributed by atoms with Crippen molar-refractivity contribution in [2.24, 2.45) is 5.73 Å². The van der Waals surface area contributed by atoms with Crippen LogP contribution in [0.5, 0.6) is 0 Å². The average molecular weight is 117 g/mol. The van der Waals surface area contributed by atoms with Crippen molar-refractivity contribution in [1.82, 2.24) is 0 Å². The van der Waals surface area contributed by atoms with Crippen molar-refractivity contribution in [3.05, 3.63) is 0 Å². The maximum absolute atomic E-state index is 8.98. The third-order valence-corrected chi connectivity index (χ3v) is 1.50. The molecular weight excluding hydrogens is 106 g/mol. The molecule has 0 radical (unpaired) electrons. The average Bonchev–Trinajstić information content (AvgIpc) is 1.82. The number of hydrogen-bond donors (Lipinski definition) is 3. The molecule has 0 aromatic carbocycles. The van der Waals surface area contributed by atoms with Crippen molar-refractivity contribution in [3.63, 3.8) is 0 Å². The number of aliphatic hydroxyl groups is 2. The first-order valence-corrected chi connectivity index (χ1v) is 2.79. The van der Waals surface area contributed by atoms with Gasteiger partial charge < -0.3 is 15.9 Å². The Kier molecular flexibility index (Phi) is 1.27. The van der Waals surface area contributed by atoms with Gasteiger partial charge in [0.2, 0.25) is 0 Å². The van der Waals surface area contributed by atoms with Crippen LogP contribution in [0.2, 0.25) is 0 Å². The van der Waals surface area contributed by atoms with Gasteiger partial charge in [0.25, 0.3) is 0 Å². The second-order valence-electron chi connectivity index (χ2n) is 2.50. The fourth-order valence-corrected chi connectivity index (χ4v) is 1.03. The molecule has 8 heavy (non-hydrogen) atoms. The molecule has 0 spiro atoms. The zero-order chi connectivity index (χ0) is 6.20. The lowest BCUT2D eigenvalue weighted by atomic mass is 10.2. The Morgan fingerprint density at radius 1 is 1.62 bits per heavy atom. The Balaban J connectivity index is 2.44. The standard InChI is InChI=1S/C5H11NO2/c6-5(8)2-1-4(7)3-5/h4,7-8H,1-3,6H2. The van der Waals surface area contributed by atoms with Gasteiger partial charge >= 0.3 is 0 Å². The summed E-state index contributed by atoms with van der Waals surface area (Å²) in [5.41, 5.74) is 4.18. The fraction of sp³-hybridized carbons (Fsp3) is 1.00. The predicted molar refractivity (Wildman–Crippen MR) is 29.0 cm³/mol. The summed E-state index contributed by atoms with van der Waals surface area (Å²) in [6.07, 6.45) is 1.10. The second-order valence-corrected chi connectivity index (χ2v) is 2.50. The van der Waals surface area contributed by atoms with E-state index in [1.54, 1.807) is 0 Å². The van der Waals surface area contributed by atoms with Crippen LogP contribution in [0.3, 0.4) is 0 Å². The van der Waals surface area contributed by atoms with E-state index in [0.717, 1.165) is 0 Å². The van der Waals surface area contributed by atoms with Gasteiger partial charge in [0, 0.05) is 6.42 Å². The molecule has 0 aromatic rings. The van der Waals surface area contributed by atoms with Crippen LogP contribution in [0.1, 0.15) is 19.3 Å². The summed E-state index contributed by atoms with van der Waals surface area (Å²) in [6, 6.07) is 0.